The molecule has 0 aromatic heterocycles. The van der Waals surface area contributed by atoms with Crippen molar-refractivity contribution >= 4 is 22.8 Å². The molecule has 1 aromatic carbocycles. The Morgan fingerprint density at radius 2 is 2.12 bits per heavy atom. The number of hydrogen-bond acceptors (Lipinski definition) is 5. The molecule has 0 heterocycles. The van der Waals surface area contributed by atoms with Crippen molar-refractivity contribution < 1.29 is 18.8 Å². The van der Waals surface area contributed by atoms with E-state index in [2.05, 4.69) is 4.74 Å². The number of carbonyl (C=O) groups is 1. The van der Waals surface area contributed by atoms with E-state index in [0.29, 0.717) is 22.1 Å². The topological polar surface area (TPSA) is 84.6 Å². The molecule has 0 bridgehead atoms. The number of esters is 1. The summed E-state index contributed by atoms with van der Waals surface area (Å²) >= 11 is -1.23. The molecule has 0 aliphatic carbocycles. The highest BCUT2D eigenvalue weighted by molar-refractivity contribution is 7.91. The first-order chi connectivity index (χ1) is 8.04. The quantitative estimate of drug-likeness (QED) is 0.497. The molecule has 1 aromatic rings. The van der Waals surface area contributed by atoms with E-state index in [-0.39, 0.29) is 5.56 Å². The normalized spacial score (nSPS) is 12.0. The smallest absolute Gasteiger partial charge is 0.341 e. The first-order valence-corrected chi connectivity index (χ1v) is 6.31. The number of anilines is 1. The van der Waals surface area contributed by atoms with Gasteiger partial charge in [-0.2, -0.15) is 0 Å². The predicted molar refractivity (Wildman–Crippen MR) is 65.7 cm³/mol. The molecule has 1 rings (SSSR count). The van der Waals surface area contributed by atoms with Gasteiger partial charge in [-0.3, -0.25) is 0 Å². The van der Waals surface area contributed by atoms with Crippen LogP contribution in [0.4, 0.5) is 5.69 Å². The molecule has 0 saturated heterocycles. The van der Waals surface area contributed by atoms with E-state index in [4.69, 9.17) is 10.5 Å². The van der Waals surface area contributed by atoms with Crippen LogP contribution in [0.15, 0.2) is 17.0 Å². The van der Waals surface area contributed by atoms with Crippen LogP contribution in [0.1, 0.15) is 17.3 Å². The Hall–Kier alpha value is -1.40. The maximum Gasteiger partial charge on any atom is 0.341 e. The van der Waals surface area contributed by atoms with Crippen molar-refractivity contribution in [3.63, 3.8) is 0 Å². The molecule has 5 nitrogen and oxygen atoms in total. The number of methoxy groups -OCH3 is 2. The van der Waals surface area contributed by atoms with Crippen LogP contribution in [0.3, 0.4) is 0 Å². The summed E-state index contributed by atoms with van der Waals surface area (Å²) in [5.74, 6) is 0.194. The van der Waals surface area contributed by atoms with Crippen molar-refractivity contribution in [2.75, 3.05) is 25.7 Å². The Morgan fingerprint density at radius 1 is 1.47 bits per heavy atom. The lowest BCUT2D eigenvalue weighted by Gasteiger charge is -2.13. The second kappa shape index (κ2) is 5.79. The summed E-state index contributed by atoms with van der Waals surface area (Å²) in [6.07, 6.45) is 0. The fraction of sp³-hybridized carbons (Fsp3) is 0.364. The standard InChI is InChI=1S/C11H15NO4S/c1-4-17(14)10-5-7(11(13)16-3)9(15-2)6-8(10)12/h5-6H,4,12H2,1-3H3. The van der Waals surface area contributed by atoms with Crippen LogP contribution < -0.4 is 10.5 Å². The van der Waals surface area contributed by atoms with Crippen LogP contribution in [0.2, 0.25) is 0 Å². The zero-order valence-electron chi connectivity index (χ0n) is 9.98. The van der Waals surface area contributed by atoms with E-state index in [9.17, 15) is 9.35 Å². The van der Waals surface area contributed by atoms with Crippen molar-refractivity contribution in [1.82, 2.24) is 0 Å². The second-order valence-electron chi connectivity index (χ2n) is 3.22. The Morgan fingerprint density at radius 3 is 2.59 bits per heavy atom. The summed E-state index contributed by atoms with van der Waals surface area (Å²) in [4.78, 5) is 12.0. The van der Waals surface area contributed by atoms with Crippen LogP contribution >= 0.6 is 0 Å². The third-order valence-electron chi connectivity index (χ3n) is 2.24. The van der Waals surface area contributed by atoms with Crippen molar-refractivity contribution in [2.24, 2.45) is 0 Å². The summed E-state index contributed by atoms with van der Waals surface area (Å²) in [6.45, 7) is 1.78. The van der Waals surface area contributed by atoms with Gasteiger partial charge in [0.2, 0.25) is 0 Å². The Balaban J connectivity index is 3.32. The SMILES string of the molecule is CC[S+]([O-])c1cc(C(=O)OC)c(OC)cc1N. The molecule has 0 spiro atoms. The predicted octanol–water partition coefficient (Wildman–Crippen LogP) is 1.19. The molecule has 0 amide bonds. The Labute approximate surface area is 103 Å². The highest BCUT2D eigenvalue weighted by atomic mass is 32.2. The molecule has 0 fully saturated rings. The van der Waals surface area contributed by atoms with Gasteiger partial charge < -0.3 is 19.8 Å². The highest BCUT2D eigenvalue weighted by Gasteiger charge is 2.21. The second-order valence-corrected chi connectivity index (χ2v) is 4.92. The largest absolute Gasteiger partial charge is 0.611 e. The first-order valence-electron chi connectivity index (χ1n) is 4.99. The van der Waals surface area contributed by atoms with Gasteiger partial charge in [-0.1, -0.05) is 0 Å². The van der Waals surface area contributed by atoms with Crippen LogP contribution in [0, 0.1) is 0 Å². The number of carbonyl (C=O) groups excluding carboxylic acids is 1. The minimum atomic E-state index is -1.23. The van der Waals surface area contributed by atoms with E-state index in [1.807, 2.05) is 0 Å². The number of rotatable bonds is 4. The Bertz CT molecular complexity index is 422. The lowest BCUT2D eigenvalue weighted by Crippen LogP contribution is -2.11. The van der Waals surface area contributed by atoms with Crippen molar-refractivity contribution in [2.45, 2.75) is 11.8 Å². The number of ether oxygens (including phenoxy) is 2. The van der Waals surface area contributed by atoms with Crippen LogP contribution in [-0.4, -0.2) is 30.5 Å². The molecular formula is C11H15NO4S. The summed E-state index contributed by atoms with van der Waals surface area (Å²) in [5, 5.41) is 0. The van der Waals surface area contributed by atoms with E-state index in [1.54, 1.807) is 6.92 Å². The number of nitrogen functional groups attached to an aromatic ring is 1. The van der Waals surface area contributed by atoms with E-state index < -0.39 is 17.1 Å². The molecule has 94 valence electrons. The highest BCUT2D eigenvalue weighted by Crippen LogP contribution is 2.29. The van der Waals surface area contributed by atoms with E-state index >= 15 is 0 Å². The zero-order valence-corrected chi connectivity index (χ0v) is 10.8. The van der Waals surface area contributed by atoms with Gasteiger partial charge in [0, 0.05) is 12.1 Å². The number of benzene rings is 1. The molecule has 17 heavy (non-hydrogen) atoms. The molecule has 1 atom stereocenters. The average molecular weight is 257 g/mol. The molecule has 1 unspecified atom stereocenters. The fourth-order valence-electron chi connectivity index (χ4n) is 1.37. The minimum Gasteiger partial charge on any atom is -0.611 e. The van der Waals surface area contributed by atoms with Gasteiger partial charge in [0.25, 0.3) is 0 Å². The molecule has 0 aliphatic heterocycles. The number of hydrogen-bond donors (Lipinski definition) is 1. The van der Waals surface area contributed by atoms with Gasteiger partial charge in [-0.05, 0) is 18.1 Å². The third-order valence-corrected chi connectivity index (χ3v) is 3.61. The first kappa shape index (κ1) is 13.7. The summed E-state index contributed by atoms with van der Waals surface area (Å²) in [5.41, 5.74) is 6.32. The lowest BCUT2D eigenvalue weighted by atomic mass is 10.2. The zero-order chi connectivity index (χ0) is 13.0. The summed E-state index contributed by atoms with van der Waals surface area (Å²) < 4.78 is 21.4. The third kappa shape index (κ3) is 2.83. The minimum absolute atomic E-state index is 0.223. The maximum absolute atomic E-state index is 11.7. The van der Waals surface area contributed by atoms with Crippen molar-refractivity contribution in [3.8, 4) is 5.75 Å². The van der Waals surface area contributed by atoms with Crippen LogP contribution in [0.5, 0.6) is 5.75 Å². The summed E-state index contributed by atoms with van der Waals surface area (Å²) in [7, 11) is 2.70. The van der Waals surface area contributed by atoms with Crippen LogP contribution in [-0.2, 0) is 15.9 Å². The molecule has 0 radical (unpaired) electrons. The van der Waals surface area contributed by atoms with E-state index in [1.165, 1.54) is 26.4 Å². The van der Waals surface area contributed by atoms with Gasteiger partial charge in [0.1, 0.15) is 17.1 Å². The van der Waals surface area contributed by atoms with Gasteiger partial charge in [0.15, 0.2) is 4.90 Å². The fourth-order valence-corrected chi connectivity index (χ4v) is 2.25. The lowest BCUT2D eigenvalue weighted by molar-refractivity contribution is 0.0597. The van der Waals surface area contributed by atoms with E-state index in [0.717, 1.165) is 0 Å². The van der Waals surface area contributed by atoms with Gasteiger partial charge in [-0.15, -0.1) is 0 Å². The molecule has 6 heteroatoms. The molecule has 0 aliphatic rings. The number of nitrogens with two attached hydrogens (primary N) is 1. The molecule has 2 N–H and O–H groups in total. The molecular weight excluding hydrogens is 242 g/mol. The summed E-state index contributed by atoms with van der Waals surface area (Å²) in [6, 6.07) is 2.94. The van der Waals surface area contributed by atoms with Crippen LogP contribution in [0.25, 0.3) is 0 Å². The monoisotopic (exact) mass is 257 g/mol. The van der Waals surface area contributed by atoms with Gasteiger partial charge >= 0.3 is 5.97 Å². The molecule has 0 saturated carbocycles. The average Bonchev–Trinajstić information content (AvgIpc) is 2.36. The van der Waals surface area contributed by atoms with Crippen molar-refractivity contribution in [1.29, 1.82) is 0 Å². The van der Waals surface area contributed by atoms with Crippen molar-refractivity contribution in [3.05, 3.63) is 17.7 Å². The maximum atomic E-state index is 11.7. The van der Waals surface area contributed by atoms with Gasteiger partial charge in [-0.25, -0.2) is 4.79 Å². The Kier molecular flexibility index (Phi) is 4.65. The van der Waals surface area contributed by atoms with Gasteiger partial charge in [0.05, 0.1) is 19.9 Å².